The molecule has 0 aliphatic carbocycles. The van der Waals surface area contributed by atoms with Crippen LogP contribution in [0.1, 0.15) is 6.92 Å². The van der Waals surface area contributed by atoms with Gasteiger partial charge in [0, 0.05) is 20.8 Å². The molecule has 5 heteroatoms. The lowest BCUT2D eigenvalue weighted by molar-refractivity contribution is 0.0718. The molecule has 0 aliphatic rings. The third kappa shape index (κ3) is 3.28. The van der Waals surface area contributed by atoms with E-state index in [0.29, 0.717) is 0 Å². The second kappa shape index (κ2) is 4.04. The summed E-state index contributed by atoms with van der Waals surface area (Å²) in [6.45, 7) is 3.53. The normalized spacial score (nSPS) is 15.3. The fourth-order valence-electron chi connectivity index (χ4n) is 0.517. The molecule has 0 rings (SSSR count). The van der Waals surface area contributed by atoms with E-state index in [9.17, 15) is 0 Å². The first-order valence-corrected chi connectivity index (χ1v) is 5.30. The Morgan fingerprint density at radius 2 is 1.70 bits per heavy atom. The van der Waals surface area contributed by atoms with Gasteiger partial charge in [-0.15, -0.1) is 0 Å². The minimum atomic E-state index is -2.39. The maximum atomic E-state index is 5.38. The van der Waals surface area contributed by atoms with Crippen LogP contribution in [0.4, 0.5) is 0 Å². The van der Waals surface area contributed by atoms with E-state index in [-0.39, 0.29) is 6.23 Å². The molecule has 2 N–H and O–H groups in total. The molecule has 0 amide bonds. The zero-order valence-corrected chi connectivity index (χ0v) is 7.88. The zero-order chi connectivity index (χ0) is 8.20. The monoisotopic (exact) mass is 165 g/mol. The van der Waals surface area contributed by atoms with Gasteiger partial charge in [0.05, 0.1) is 6.23 Å². The Morgan fingerprint density at radius 1 is 1.30 bits per heavy atom. The molecule has 0 saturated heterocycles. The van der Waals surface area contributed by atoms with Gasteiger partial charge in [-0.3, -0.25) is 0 Å². The Labute approximate surface area is 62.6 Å². The third-order valence-electron chi connectivity index (χ3n) is 1.14. The van der Waals surface area contributed by atoms with Gasteiger partial charge in [0.25, 0.3) is 0 Å². The van der Waals surface area contributed by atoms with E-state index in [1.54, 1.807) is 27.7 Å². The molecule has 0 radical (unpaired) electrons. The van der Waals surface area contributed by atoms with Crippen LogP contribution in [0, 0.1) is 0 Å². The summed E-state index contributed by atoms with van der Waals surface area (Å²) in [5.41, 5.74) is 5.38. The molecule has 1 atom stereocenters. The SMILES string of the molecule is CO[Si](C)(OC)OC(C)N. The van der Waals surface area contributed by atoms with Crippen LogP contribution < -0.4 is 5.73 Å². The van der Waals surface area contributed by atoms with Crippen molar-refractivity contribution in [2.24, 2.45) is 5.73 Å². The number of nitrogens with two attached hydrogens (primary N) is 1. The molecule has 0 spiro atoms. The van der Waals surface area contributed by atoms with Gasteiger partial charge in [-0.25, -0.2) is 0 Å². The average molecular weight is 165 g/mol. The lowest BCUT2D eigenvalue weighted by atomic mass is 10.7. The molecule has 0 heterocycles. The second-order valence-corrected chi connectivity index (χ2v) is 4.87. The first kappa shape index (κ1) is 10.1. The van der Waals surface area contributed by atoms with Crippen LogP contribution in [-0.4, -0.2) is 29.3 Å². The van der Waals surface area contributed by atoms with Gasteiger partial charge in [-0.1, -0.05) is 0 Å². The first-order chi connectivity index (χ1) is 4.54. The fraction of sp³-hybridized carbons (Fsp3) is 1.00. The van der Waals surface area contributed by atoms with Crippen molar-refractivity contribution in [3.05, 3.63) is 0 Å². The van der Waals surface area contributed by atoms with Crippen LogP contribution in [0.2, 0.25) is 6.55 Å². The summed E-state index contributed by atoms with van der Waals surface area (Å²) in [4.78, 5) is 0. The average Bonchev–Trinajstić information content (AvgIpc) is 1.87. The van der Waals surface area contributed by atoms with Crippen molar-refractivity contribution in [3.63, 3.8) is 0 Å². The molecule has 0 aromatic rings. The summed E-state index contributed by atoms with van der Waals surface area (Å²) in [6, 6.07) is 0. The Bertz CT molecular complexity index is 94.9. The topological polar surface area (TPSA) is 53.7 Å². The molecule has 4 nitrogen and oxygen atoms in total. The van der Waals surface area contributed by atoms with Crippen molar-refractivity contribution in [2.75, 3.05) is 14.2 Å². The smallest absolute Gasteiger partial charge is 0.377 e. The number of hydrogen-bond donors (Lipinski definition) is 1. The largest absolute Gasteiger partial charge is 0.498 e. The predicted octanol–water partition coefficient (Wildman–Crippen LogP) is 0.169. The summed E-state index contributed by atoms with van der Waals surface area (Å²) in [5.74, 6) is 0. The van der Waals surface area contributed by atoms with Crippen LogP contribution in [0.3, 0.4) is 0 Å². The maximum Gasteiger partial charge on any atom is 0.498 e. The van der Waals surface area contributed by atoms with Crippen LogP contribution in [-0.2, 0) is 13.3 Å². The molecule has 0 aliphatic heterocycles. The van der Waals surface area contributed by atoms with E-state index in [2.05, 4.69) is 0 Å². The first-order valence-electron chi connectivity index (χ1n) is 3.08. The quantitative estimate of drug-likeness (QED) is 0.476. The van der Waals surface area contributed by atoms with Crippen molar-refractivity contribution < 1.29 is 13.3 Å². The van der Waals surface area contributed by atoms with Crippen molar-refractivity contribution in [3.8, 4) is 0 Å². The van der Waals surface area contributed by atoms with Gasteiger partial charge in [0.1, 0.15) is 0 Å². The number of hydrogen-bond acceptors (Lipinski definition) is 4. The summed E-state index contributed by atoms with van der Waals surface area (Å²) >= 11 is 0. The summed E-state index contributed by atoms with van der Waals surface area (Å²) in [6.07, 6.45) is -0.337. The Morgan fingerprint density at radius 3 is 1.80 bits per heavy atom. The molecular weight excluding hydrogens is 150 g/mol. The van der Waals surface area contributed by atoms with Gasteiger partial charge in [-0.2, -0.15) is 0 Å². The standard InChI is InChI=1S/C5H15NO3Si/c1-5(6)9-10(4,7-2)8-3/h5H,6H2,1-4H3. The van der Waals surface area contributed by atoms with E-state index in [4.69, 9.17) is 19.0 Å². The maximum absolute atomic E-state index is 5.38. The molecule has 0 bridgehead atoms. The highest BCUT2D eigenvalue weighted by molar-refractivity contribution is 6.59. The van der Waals surface area contributed by atoms with Gasteiger partial charge in [0.15, 0.2) is 0 Å². The van der Waals surface area contributed by atoms with Gasteiger partial charge >= 0.3 is 8.80 Å². The molecule has 0 saturated carbocycles. The molecule has 1 unspecified atom stereocenters. The summed E-state index contributed by atoms with van der Waals surface area (Å²) in [5, 5.41) is 0. The van der Waals surface area contributed by atoms with E-state index in [0.717, 1.165) is 0 Å². The Kier molecular flexibility index (Phi) is 4.07. The fourth-order valence-corrected chi connectivity index (χ4v) is 1.55. The molecule has 10 heavy (non-hydrogen) atoms. The molecule has 62 valence electrons. The van der Waals surface area contributed by atoms with Crippen molar-refractivity contribution >= 4 is 8.80 Å². The van der Waals surface area contributed by atoms with E-state index >= 15 is 0 Å². The highest BCUT2D eigenvalue weighted by Gasteiger charge is 2.32. The van der Waals surface area contributed by atoms with E-state index < -0.39 is 8.80 Å². The summed E-state index contributed by atoms with van der Waals surface area (Å²) in [7, 11) is 0.722. The van der Waals surface area contributed by atoms with E-state index in [1.807, 2.05) is 0 Å². The highest BCUT2D eigenvalue weighted by Crippen LogP contribution is 2.06. The van der Waals surface area contributed by atoms with Crippen molar-refractivity contribution in [1.29, 1.82) is 0 Å². The number of rotatable bonds is 4. The Balaban J connectivity index is 3.80. The van der Waals surface area contributed by atoms with Crippen LogP contribution in [0.15, 0.2) is 0 Å². The van der Waals surface area contributed by atoms with Crippen LogP contribution >= 0.6 is 0 Å². The van der Waals surface area contributed by atoms with Crippen LogP contribution in [0.5, 0.6) is 0 Å². The second-order valence-electron chi connectivity index (χ2n) is 2.09. The molecule has 0 aromatic carbocycles. The molecule has 0 aromatic heterocycles. The third-order valence-corrected chi connectivity index (χ3v) is 3.42. The minimum Gasteiger partial charge on any atom is -0.377 e. The van der Waals surface area contributed by atoms with Gasteiger partial charge in [-0.05, 0) is 6.92 Å². The van der Waals surface area contributed by atoms with Crippen molar-refractivity contribution in [2.45, 2.75) is 19.7 Å². The molecule has 0 fully saturated rings. The lowest BCUT2D eigenvalue weighted by Gasteiger charge is -2.23. The van der Waals surface area contributed by atoms with Gasteiger partial charge < -0.3 is 19.0 Å². The summed E-state index contributed by atoms with van der Waals surface area (Å²) < 4.78 is 15.2. The lowest BCUT2D eigenvalue weighted by Crippen LogP contribution is -2.45. The van der Waals surface area contributed by atoms with Crippen molar-refractivity contribution in [1.82, 2.24) is 0 Å². The van der Waals surface area contributed by atoms with E-state index in [1.165, 1.54) is 0 Å². The minimum absolute atomic E-state index is 0.337. The predicted molar refractivity (Wildman–Crippen MR) is 40.4 cm³/mol. The van der Waals surface area contributed by atoms with Gasteiger partial charge in [0.2, 0.25) is 0 Å². The molecular formula is C5H15NO3Si. The van der Waals surface area contributed by atoms with Crippen LogP contribution in [0.25, 0.3) is 0 Å². The highest BCUT2D eigenvalue weighted by atomic mass is 28.4. The Hall–Kier alpha value is 0.0569. The zero-order valence-electron chi connectivity index (χ0n) is 6.88.